The molecular weight excluding hydrogens is 548 g/mol. The van der Waals surface area contributed by atoms with Crippen molar-refractivity contribution in [2.45, 2.75) is 17.0 Å². The molecule has 0 aliphatic heterocycles. The average Bonchev–Trinajstić information content (AvgIpc) is 2.88. The first-order valence-corrected chi connectivity index (χ1v) is 14.1. The van der Waals surface area contributed by atoms with Crippen molar-refractivity contribution in [2.24, 2.45) is 0 Å². The lowest BCUT2D eigenvalue weighted by Gasteiger charge is -2.18. The number of rotatable bonds is 8. The summed E-state index contributed by atoms with van der Waals surface area (Å²) in [5.74, 6) is -0.0111. The second-order valence-corrected chi connectivity index (χ2v) is 12.0. The number of amides is 1. The van der Waals surface area contributed by atoms with Crippen LogP contribution in [-0.4, -0.2) is 55.1 Å². The third kappa shape index (κ3) is 5.56. The normalized spacial score (nSPS) is 11.6. The minimum Gasteiger partial charge on any atom is -0.495 e. The number of ether oxygens (including phenoxy) is 1. The first kappa shape index (κ1) is 27.6. The van der Waals surface area contributed by atoms with Crippen LogP contribution in [0.4, 0.5) is 5.69 Å². The van der Waals surface area contributed by atoms with Gasteiger partial charge < -0.3 is 10.1 Å². The number of carbonyl (C=O) groups excluding carboxylic acids is 1. The summed E-state index contributed by atoms with van der Waals surface area (Å²) in [6.45, 7) is 1.77. The van der Waals surface area contributed by atoms with Crippen molar-refractivity contribution in [3.8, 4) is 11.4 Å². The predicted octanol–water partition coefficient (Wildman–Crippen LogP) is 4.34. The van der Waals surface area contributed by atoms with E-state index in [2.05, 4.69) is 10.3 Å². The summed E-state index contributed by atoms with van der Waals surface area (Å²) >= 11 is 7.12. The number of benzene rings is 3. The van der Waals surface area contributed by atoms with Crippen molar-refractivity contribution >= 4 is 55.9 Å². The number of hydrogen-bond acceptors (Lipinski definition) is 7. The van der Waals surface area contributed by atoms with Gasteiger partial charge in [-0.3, -0.25) is 14.2 Å². The summed E-state index contributed by atoms with van der Waals surface area (Å²) in [5, 5.41) is 3.81. The number of carbonyl (C=O) groups is 1. The molecule has 0 aliphatic rings. The van der Waals surface area contributed by atoms with Gasteiger partial charge in [-0.05, 0) is 55.0 Å². The van der Waals surface area contributed by atoms with Crippen LogP contribution in [0.15, 0.2) is 75.5 Å². The molecular formula is C26H25ClN4O5S2. The van der Waals surface area contributed by atoms with Crippen LogP contribution in [-0.2, 0) is 14.8 Å². The number of anilines is 1. The fourth-order valence-electron chi connectivity index (χ4n) is 3.72. The molecule has 3 aromatic carbocycles. The van der Waals surface area contributed by atoms with Crippen molar-refractivity contribution in [2.75, 3.05) is 32.3 Å². The van der Waals surface area contributed by atoms with Gasteiger partial charge in [-0.2, -0.15) is 0 Å². The molecule has 0 saturated carbocycles. The van der Waals surface area contributed by atoms with E-state index >= 15 is 0 Å². The Balaban J connectivity index is 1.77. The number of nitrogens with one attached hydrogen (secondary N) is 1. The molecule has 0 unspecified atom stereocenters. The van der Waals surface area contributed by atoms with Crippen LogP contribution in [0.2, 0.25) is 5.02 Å². The molecule has 1 heterocycles. The third-order valence-corrected chi connectivity index (χ3v) is 8.70. The quantitative estimate of drug-likeness (QED) is 0.247. The monoisotopic (exact) mass is 572 g/mol. The van der Waals surface area contributed by atoms with E-state index in [1.807, 2.05) is 0 Å². The molecule has 12 heteroatoms. The van der Waals surface area contributed by atoms with Gasteiger partial charge in [0.1, 0.15) is 5.75 Å². The van der Waals surface area contributed by atoms with Gasteiger partial charge in [-0.15, -0.1) is 0 Å². The van der Waals surface area contributed by atoms with Crippen molar-refractivity contribution < 1.29 is 17.9 Å². The molecule has 0 spiro atoms. The van der Waals surface area contributed by atoms with Gasteiger partial charge in [0.2, 0.25) is 15.9 Å². The van der Waals surface area contributed by atoms with E-state index < -0.39 is 10.0 Å². The largest absolute Gasteiger partial charge is 0.495 e. The van der Waals surface area contributed by atoms with Crippen molar-refractivity contribution in [1.29, 1.82) is 0 Å². The fraction of sp³-hybridized carbons (Fsp3) is 0.192. The van der Waals surface area contributed by atoms with E-state index in [1.165, 1.54) is 37.9 Å². The Morgan fingerprint density at radius 2 is 1.87 bits per heavy atom. The van der Waals surface area contributed by atoms with E-state index in [0.717, 1.165) is 16.1 Å². The smallest absolute Gasteiger partial charge is 0.266 e. The maximum Gasteiger partial charge on any atom is 0.266 e. The maximum atomic E-state index is 13.7. The molecule has 0 aliphatic carbocycles. The van der Waals surface area contributed by atoms with Gasteiger partial charge in [0.25, 0.3) is 5.56 Å². The third-order valence-electron chi connectivity index (χ3n) is 5.71. The number of methoxy groups -OCH3 is 1. The Labute approximate surface area is 229 Å². The first-order chi connectivity index (χ1) is 18.0. The van der Waals surface area contributed by atoms with Crippen LogP contribution in [0.1, 0.15) is 5.56 Å². The summed E-state index contributed by atoms with van der Waals surface area (Å²) in [4.78, 5) is 31.2. The van der Waals surface area contributed by atoms with Crippen molar-refractivity contribution in [1.82, 2.24) is 13.9 Å². The number of hydrogen-bond donors (Lipinski definition) is 1. The van der Waals surface area contributed by atoms with Gasteiger partial charge in [0.15, 0.2) is 5.16 Å². The zero-order valence-corrected chi connectivity index (χ0v) is 23.4. The maximum absolute atomic E-state index is 13.7. The Bertz CT molecular complexity index is 1700. The van der Waals surface area contributed by atoms with E-state index in [0.29, 0.717) is 38.6 Å². The van der Waals surface area contributed by atoms with Crippen LogP contribution in [0.5, 0.6) is 5.75 Å². The van der Waals surface area contributed by atoms with Crippen molar-refractivity contribution in [3.63, 3.8) is 0 Å². The zero-order valence-electron chi connectivity index (χ0n) is 21.1. The van der Waals surface area contributed by atoms with Crippen LogP contribution in [0, 0.1) is 6.92 Å². The molecule has 0 saturated heterocycles. The average molecular weight is 573 g/mol. The van der Waals surface area contributed by atoms with Gasteiger partial charge in [0, 0.05) is 19.1 Å². The molecule has 1 N–H and O–H groups in total. The van der Waals surface area contributed by atoms with Crippen LogP contribution in [0.25, 0.3) is 16.6 Å². The lowest BCUT2D eigenvalue weighted by Crippen LogP contribution is -2.25. The number of halogens is 1. The molecule has 198 valence electrons. The number of para-hydroxylation sites is 1. The van der Waals surface area contributed by atoms with Crippen molar-refractivity contribution in [3.05, 3.63) is 81.6 Å². The Morgan fingerprint density at radius 3 is 2.58 bits per heavy atom. The zero-order chi connectivity index (χ0) is 27.6. The first-order valence-electron chi connectivity index (χ1n) is 11.3. The minimum absolute atomic E-state index is 0.0323. The molecule has 0 fully saturated rings. The lowest BCUT2D eigenvalue weighted by atomic mass is 10.2. The standard InChI is InChI=1S/C26H25ClN4O5S2/c1-16-9-11-18(38(34,35)30(2)3)14-22(16)31-25(33)19-7-5-6-8-20(19)29-26(31)37-15-24(32)28-21-13-17(27)10-12-23(21)36-4/h5-14H,15H2,1-4H3,(H,28,32). The second kappa shape index (κ2) is 11.2. The van der Waals surface area contributed by atoms with Gasteiger partial charge in [0.05, 0.1) is 40.0 Å². The highest BCUT2D eigenvalue weighted by molar-refractivity contribution is 7.99. The molecule has 0 bridgehead atoms. The molecule has 1 aromatic heterocycles. The van der Waals surface area contributed by atoms with Crippen LogP contribution in [0.3, 0.4) is 0 Å². The van der Waals surface area contributed by atoms with E-state index in [9.17, 15) is 18.0 Å². The summed E-state index contributed by atoms with van der Waals surface area (Å²) in [6.07, 6.45) is 0. The van der Waals surface area contributed by atoms with E-state index in [-0.39, 0.29) is 27.3 Å². The molecule has 0 atom stereocenters. The fourth-order valence-corrected chi connectivity index (χ4v) is 5.62. The lowest BCUT2D eigenvalue weighted by molar-refractivity contribution is -0.113. The van der Waals surface area contributed by atoms with Gasteiger partial charge >= 0.3 is 0 Å². The van der Waals surface area contributed by atoms with E-state index in [4.69, 9.17) is 16.3 Å². The summed E-state index contributed by atoms with van der Waals surface area (Å²) < 4.78 is 33.4. The van der Waals surface area contributed by atoms with E-state index in [1.54, 1.807) is 55.5 Å². The minimum atomic E-state index is -3.76. The summed E-state index contributed by atoms with van der Waals surface area (Å²) in [6, 6.07) is 16.3. The topological polar surface area (TPSA) is 111 Å². The number of fused-ring (bicyclic) bond motifs is 1. The SMILES string of the molecule is COc1ccc(Cl)cc1NC(=O)CSc1nc2ccccc2c(=O)n1-c1cc(S(=O)(=O)N(C)C)ccc1C. The molecule has 4 rings (SSSR count). The van der Waals surface area contributed by atoms with Crippen LogP contribution < -0.4 is 15.6 Å². The van der Waals surface area contributed by atoms with Gasteiger partial charge in [-0.1, -0.05) is 41.6 Å². The number of sulfonamides is 1. The number of aromatic nitrogens is 2. The summed E-state index contributed by atoms with van der Waals surface area (Å²) in [5.41, 5.74) is 1.51. The highest BCUT2D eigenvalue weighted by Gasteiger charge is 2.22. The van der Waals surface area contributed by atoms with Gasteiger partial charge in [-0.25, -0.2) is 17.7 Å². The summed E-state index contributed by atoms with van der Waals surface area (Å²) in [7, 11) is 0.601. The highest BCUT2D eigenvalue weighted by Crippen LogP contribution is 2.29. The Morgan fingerprint density at radius 1 is 1.13 bits per heavy atom. The Kier molecular flexibility index (Phi) is 8.12. The number of nitrogens with zero attached hydrogens (tertiary/aromatic N) is 3. The predicted molar refractivity (Wildman–Crippen MR) is 150 cm³/mol. The highest BCUT2D eigenvalue weighted by atomic mass is 35.5. The molecule has 1 amide bonds. The number of aryl methyl sites for hydroxylation is 1. The number of thioether (sulfide) groups is 1. The van der Waals surface area contributed by atoms with Crippen LogP contribution >= 0.6 is 23.4 Å². The molecule has 38 heavy (non-hydrogen) atoms. The molecule has 0 radical (unpaired) electrons. The molecule has 4 aromatic rings. The second-order valence-electron chi connectivity index (χ2n) is 8.47. The molecule has 9 nitrogen and oxygen atoms in total. The Hall–Kier alpha value is -3.38.